The van der Waals surface area contributed by atoms with Crippen molar-refractivity contribution in [2.45, 2.75) is 13.5 Å². The predicted octanol–water partition coefficient (Wildman–Crippen LogP) is 3.48. The van der Waals surface area contributed by atoms with Crippen molar-refractivity contribution in [2.24, 2.45) is 0 Å². The molecule has 3 rings (SSSR count). The number of hydrogen-bond donors (Lipinski definition) is 0. The number of halogens is 2. The van der Waals surface area contributed by atoms with Gasteiger partial charge in [0.25, 0.3) is 0 Å². The third-order valence-corrected chi connectivity index (χ3v) is 3.36. The quantitative estimate of drug-likeness (QED) is 0.692. The average molecular weight is 298 g/mol. The topological polar surface area (TPSA) is 26.5 Å². The summed E-state index contributed by atoms with van der Waals surface area (Å²) in [4.78, 5) is 4.35. The minimum atomic E-state index is -0.643. The fourth-order valence-corrected chi connectivity index (χ4v) is 2.26. The highest BCUT2D eigenvalue weighted by Crippen LogP contribution is 2.23. The third-order valence-electron chi connectivity index (χ3n) is 3.36. The van der Waals surface area contributed by atoms with E-state index in [1.807, 2.05) is 0 Å². The molecule has 22 heavy (non-hydrogen) atoms. The standard InChI is InChI=1S/C17H12F2N2O/c1-3-15-11(2)20-17-16(8-5-9-21(15)17)22-10-12-13(18)6-4-7-14(12)19/h1,4-9H,10H2,2H3. The van der Waals surface area contributed by atoms with Crippen molar-refractivity contribution in [2.75, 3.05) is 0 Å². The number of benzene rings is 1. The maximum atomic E-state index is 13.6. The highest BCUT2D eigenvalue weighted by molar-refractivity contribution is 5.58. The van der Waals surface area contributed by atoms with Gasteiger partial charge >= 0.3 is 0 Å². The van der Waals surface area contributed by atoms with Crippen molar-refractivity contribution in [3.05, 3.63) is 65.1 Å². The number of aryl methyl sites for hydroxylation is 1. The summed E-state index contributed by atoms with van der Waals surface area (Å²) in [6.07, 6.45) is 7.23. The van der Waals surface area contributed by atoms with Gasteiger partial charge in [-0.2, -0.15) is 0 Å². The Bertz CT molecular complexity index is 873. The largest absolute Gasteiger partial charge is 0.485 e. The molecule has 0 bridgehead atoms. The molecule has 1 aromatic carbocycles. The first kappa shape index (κ1) is 14.1. The van der Waals surface area contributed by atoms with E-state index in [-0.39, 0.29) is 12.2 Å². The Morgan fingerprint density at radius 2 is 1.95 bits per heavy atom. The van der Waals surface area contributed by atoms with Crippen LogP contribution in [0.3, 0.4) is 0 Å². The van der Waals surface area contributed by atoms with Gasteiger partial charge in [0.1, 0.15) is 23.9 Å². The molecule has 0 unspecified atom stereocenters. The first-order valence-electron chi connectivity index (χ1n) is 6.61. The summed E-state index contributed by atoms with van der Waals surface area (Å²) in [7, 11) is 0. The Hall–Kier alpha value is -2.87. The van der Waals surface area contributed by atoms with E-state index in [1.165, 1.54) is 18.2 Å². The fourth-order valence-electron chi connectivity index (χ4n) is 2.26. The molecule has 0 amide bonds. The number of hydrogen-bond acceptors (Lipinski definition) is 2. The molecular formula is C17H12F2N2O. The number of nitrogens with zero attached hydrogens (tertiary/aromatic N) is 2. The second kappa shape index (κ2) is 5.49. The molecule has 0 saturated carbocycles. The minimum Gasteiger partial charge on any atom is -0.485 e. The summed E-state index contributed by atoms with van der Waals surface area (Å²) in [6.45, 7) is 1.57. The zero-order valence-electron chi connectivity index (χ0n) is 11.8. The van der Waals surface area contributed by atoms with Crippen molar-refractivity contribution < 1.29 is 13.5 Å². The zero-order valence-corrected chi connectivity index (χ0v) is 11.8. The third kappa shape index (κ3) is 2.29. The number of terminal acetylenes is 1. The maximum absolute atomic E-state index is 13.6. The fraction of sp³-hybridized carbons (Fsp3) is 0.118. The number of fused-ring (bicyclic) bond motifs is 1. The summed E-state index contributed by atoms with van der Waals surface area (Å²) in [6, 6.07) is 7.12. The Kier molecular flexibility index (Phi) is 3.51. The van der Waals surface area contributed by atoms with E-state index in [0.717, 1.165) is 0 Å². The van der Waals surface area contributed by atoms with Crippen molar-refractivity contribution in [1.82, 2.24) is 9.38 Å². The number of ether oxygens (including phenoxy) is 1. The molecule has 3 nitrogen and oxygen atoms in total. The lowest BCUT2D eigenvalue weighted by molar-refractivity contribution is 0.294. The van der Waals surface area contributed by atoms with E-state index in [0.29, 0.717) is 22.8 Å². The first-order valence-corrected chi connectivity index (χ1v) is 6.61. The van der Waals surface area contributed by atoms with Gasteiger partial charge in [-0.15, -0.1) is 6.42 Å². The van der Waals surface area contributed by atoms with E-state index in [9.17, 15) is 8.78 Å². The van der Waals surface area contributed by atoms with Crippen LogP contribution in [-0.4, -0.2) is 9.38 Å². The lowest BCUT2D eigenvalue weighted by atomic mass is 10.2. The molecule has 2 heterocycles. The second-order valence-corrected chi connectivity index (χ2v) is 4.75. The summed E-state index contributed by atoms with van der Waals surface area (Å²) in [5.74, 6) is 1.69. The number of imidazole rings is 1. The lowest BCUT2D eigenvalue weighted by Crippen LogP contribution is -2.03. The van der Waals surface area contributed by atoms with Gasteiger partial charge < -0.3 is 4.74 Å². The highest BCUT2D eigenvalue weighted by atomic mass is 19.1. The highest BCUT2D eigenvalue weighted by Gasteiger charge is 2.13. The van der Waals surface area contributed by atoms with Crippen LogP contribution in [0.1, 0.15) is 17.0 Å². The van der Waals surface area contributed by atoms with Gasteiger partial charge in [0, 0.05) is 6.20 Å². The van der Waals surface area contributed by atoms with Crippen molar-refractivity contribution in [3.63, 3.8) is 0 Å². The van der Waals surface area contributed by atoms with E-state index in [2.05, 4.69) is 10.9 Å². The van der Waals surface area contributed by atoms with E-state index >= 15 is 0 Å². The average Bonchev–Trinajstić information content (AvgIpc) is 2.82. The summed E-state index contributed by atoms with van der Waals surface area (Å²) < 4.78 is 34.5. The van der Waals surface area contributed by atoms with Gasteiger partial charge in [-0.05, 0) is 37.1 Å². The van der Waals surface area contributed by atoms with Crippen molar-refractivity contribution in [3.8, 4) is 18.1 Å². The monoisotopic (exact) mass is 298 g/mol. The molecule has 0 spiro atoms. The van der Waals surface area contributed by atoms with E-state index in [1.54, 1.807) is 29.7 Å². The molecule has 0 aliphatic carbocycles. The molecular weight excluding hydrogens is 286 g/mol. The normalized spacial score (nSPS) is 10.6. The molecule has 0 N–H and O–H groups in total. The first-order chi connectivity index (χ1) is 10.6. The van der Waals surface area contributed by atoms with Gasteiger partial charge in [-0.25, -0.2) is 13.8 Å². The summed E-state index contributed by atoms with van der Waals surface area (Å²) >= 11 is 0. The second-order valence-electron chi connectivity index (χ2n) is 4.75. The predicted molar refractivity (Wildman–Crippen MR) is 78.6 cm³/mol. The molecule has 0 aliphatic rings. The molecule has 0 fully saturated rings. The van der Waals surface area contributed by atoms with Crippen LogP contribution in [-0.2, 0) is 6.61 Å². The maximum Gasteiger partial charge on any atom is 0.180 e. The van der Waals surface area contributed by atoms with E-state index < -0.39 is 11.6 Å². The van der Waals surface area contributed by atoms with Crippen LogP contribution < -0.4 is 4.74 Å². The zero-order chi connectivity index (χ0) is 15.7. The minimum absolute atomic E-state index is 0.120. The van der Waals surface area contributed by atoms with Crippen LogP contribution in [0.15, 0.2) is 36.5 Å². The number of aromatic nitrogens is 2. The van der Waals surface area contributed by atoms with Crippen LogP contribution >= 0.6 is 0 Å². The smallest absolute Gasteiger partial charge is 0.180 e. The molecule has 110 valence electrons. The Labute approximate surface area is 126 Å². The summed E-state index contributed by atoms with van der Waals surface area (Å²) in [5, 5.41) is 0. The van der Waals surface area contributed by atoms with Crippen LogP contribution in [0, 0.1) is 30.9 Å². The van der Waals surface area contributed by atoms with Gasteiger partial charge in [-0.3, -0.25) is 4.40 Å². The van der Waals surface area contributed by atoms with Gasteiger partial charge in [-0.1, -0.05) is 6.07 Å². The van der Waals surface area contributed by atoms with Crippen LogP contribution in [0.2, 0.25) is 0 Å². The number of pyridine rings is 1. The Balaban J connectivity index is 1.97. The molecule has 0 radical (unpaired) electrons. The van der Waals surface area contributed by atoms with Gasteiger partial charge in [0.05, 0.1) is 11.3 Å². The Morgan fingerprint density at radius 3 is 2.64 bits per heavy atom. The lowest BCUT2D eigenvalue weighted by Gasteiger charge is -2.09. The Morgan fingerprint density at radius 1 is 1.23 bits per heavy atom. The van der Waals surface area contributed by atoms with Gasteiger partial charge in [0.2, 0.25) is 0 Å². The summed E-state index contributed by atoms with van der Waals surface area (Å²) in [5.41, 5.74) is 1.71. The molecule has 0 saturated heterocycles. The van der Waals surface area contributed by atoms with Crippen molar-refractivity contribution in [1.29, 1.82) is 0 Å². The molecule has 0 atom stereocenters. The SMILES string of the molecule is C#Cc1c(C)nc2c(OCc3c(F)cccc3F)cccn12. The molecule has 0 aliphatic heterocycles. The van der Waals surface area contributed by atoms with E-state index in [4.69, 9.17) is 11.2 Å². The van der Waals surface area contributed by atoms with Crippen LogP contribution in [0.25, 0.3) is 5.65 Å². The molecule has 2 aromatic heterocycles. The molecule has 3 aromatic rings. The van der Waals surface area contributed by atoms with Crippen LogP contribution in [0.4, 0.5) is 8.78 Å². The van der Waals surface area contributed by atoms with Gasteiger partial charge in [0.15, 0.2) is 11.4 Å². The number of rotatable bonds is 3. The van der Waals surface area contributed by atoms with Crippen molar-refractivity contribution >= 4 is 5.65 Å². The molecule has 5 heteroatoms. The van der Waals surface area contributed by atoms with Crippen LogP contribution in [0.5, 0.6) is 5.75 Å².